The van der Waals surface area contributed by atoms with Gasteiger partial charge in [0.15, 0.2) is 5.78 Å². The molecule has 2 amide bonds. The van der Waals surface area contributed by atoms with Gasteiger partial charge in [-0.3, -0.25) is 14.4 Å². The zero-order valence-corrected chi connectivity index (χ0v) is 18.7. The number of benzene rings is 3. The third-order valence-corrected chi connectivity index (χ3v) is 5.12. The van der Waals surface area contributed by atoms with Gasteiger partial charge in [0.1, 0.15) is 18.1 Å². The summed E-state index contributed by atoms with van der Waals surface area (Å²) < 4.78 is 10.5. The summed E-state index contributed by atoms with van der Waals surface area (Å²) in [5.74, 6) is 1.61. The number of carbonyl (C=O) groups excluding carboxylic acids is 3. The Kier molecular flexibility index (Phi) is 8.03. The summed E-state index contributed by atoms with van der Waals surface area (Å²) in [5.41, 5.74) is 7.59. The molecular formula is C27H24N2O5. The lowest BCUT2D eigenvalue weighted by molar-refractivity contribution is -0.135. The summed E-state index contributed by atoms with van der Waals surface area (Å²) in [6.07, 6.45) is 5.67. The van der Waals surface area contributed by atoms with Crippen LogP contribution in [0.4, 0.5) is 5.69 Å². The predicted molar refractivity (Wildman–Crippen MR) is 129 cm³/mol. The maximum absolute atomic E-state index is 12.8. The SMILES string of the molecule is C#CCOc1ccc(C(=O)c2ccc(N(CCc3ccc(OC)cc3)C(=O)C(N)=O)cc2)cc1. The number of hydrogen-bond donors (Lipinski definition) is 1. The summed E-state index contributed by atoms with van der Waals surface area (Å²) in [7, 11) is 1.58. The molecule has 0 aromatic heterocycles. The number of ether oxygens (including phenoxy) is 2. The van der Waals surface area contributed by atoms with E-state index < -0.39 is 11.8 Å². The molecule has 0 saturated carbocycles. The minimum atomic E-state index is -1.05. The van der Waals surface area contributed by atoms with E-state index in [9.17, 15) is 14.4 Å². The van der Waals surface area contributed by atoms with Crippen LogP contribution in [0, 0.1) is 12.3 Å². The van der Waals surface area contributed by atoms with Crippen LogP contribution < -0.4 is 20.1 Å². The number of methoxy groups -OCH3 is 1. The second kappa shape index (κ2) is 11.3. The van der Waals surface area contributed by atoms with Gasteiger partial charge in [0.2, 0.25) is 0 Å². The Morgan fingerprint density at radius 2 is 1.44 bits per heavy atom. The lowest BCUT2D eigenvalue weighted by atomic mass is 10.0. The molecule has 34 heavy (non-hydrogen) atoms. The number of nitrogens with two attached hydrogens (primary N) is 1. The van der Waals surface area contributed by atoms with E-state index in [4.69, 9.17) is 21.6 Å². The number of terminal acetylenes is 1. The van der Waals surface area contributed by atoms with Gasteiger partial charge in [-0.25, -0.2) is 0 Å². The van der Waals surface area contributed by atoms with Crippen LogP contribution in [0.2, 0.25) is 0 Å². The summed E-state index contributed by atoms with van der Waals surface area (Å²) in [6.45, 7) is 0.383. The normalized spacial score (nSPS) is 10.1. The molecule has 3 rings (SSSR count). The fourth-order valence-corrected chi connectivity index (χ4v) is 3.30. The molecule has 0 heterocycles. The Bertz CT molecular complexity index is 1190. The first-order chi connectivity index (χ1) is 16.4. The molecule has 0 aliphatic rings. The van der Waals surface area contributed by atoms with E-state index in [0.29, 0.717) is 29.0 Å². The van der Waals surface area contributed by atoms with Gasteiger partial charge in [0.25, 0.3) is 0 Å². The van der Waals surface area contributed by atoms with Crippen LogP contribution in [0.1, 0.15) is 21.5 Å². The molecule has 172 valence electrons. The highest BCUT2D eigenvalue weighted by atomic mass is 16.5. The summed E-state index contributed by atoms with van der Waals surface area (Å²) >= 11 is 0. The average Bonchev–Trinajstić information content (AvgIpc) is 2.88. The van der Waals surface area contributed by atoms with Crippen LogP contribution in [0.15, 0.2) is 72.8 Å². The first-order valence-electron chi connectivity index (χ1n) is 10.5. The second-order valence-corrected chi connectivity index (χ2v) is 7.31. The van der Waals surface area contributed by atoms with Crippen molar-refractivity contribution in [1.29, 1.82) is 0 Å². The molecule has 0 unspecified atom stereocenters. The second-order valence-electron chi connectivity index (χ2n) is 7.31. The van der Waals surface area contributed by atoms with Crippen molar-refractivity contribution in [3.63, 3.8) is 0 Å². The molecule has 3 aromatic rings. The Morgan fingerprint density at radius 1 is 0.882 bits per heavy atom. The number of hydrogen-bond acceptors (Lipinski definition) is 5. The lowest BCUT2D eigenvalue weighted by Crippen LogP contribution is -2.41. The quantitative estimate of drug-likeness (QED) is 0.303. The molecule has 2 N–H and O–H groups in total. The Morgan fingerprint density at radius 3 is 1.97 bits per heavy atom. The lowest BCUT2D eigenvalue weighted by Gasteiger charge is -2.21. The first-order valence-corrected chi connectivity index (χ1v) is 10.5. The van der Waals surface area contributed by atoms with Crippen molar-refractivity contribution in [2.45, 2.75) is 6.42 Å². The van der Waals surface area contributed by atoms with Crippen molar-refractivity contribution in [2.75, 3.05) is 25.2 Å². The van der Waals surface area contributed by atoms with E-state index in [0.717, 1.165) is 11.3 Å². The van der Waals surface area contributed by atoms with Crippen LogP contribution in [0.3, 0.4) is 0 Å². The molecule has 7 nitrogen and oxygen atoms in total. The van der Waals surface area contributed by atoms with Gasteiger partial charge >= 0.3 is 11.8 Å². The molecule has 3 aromatic carbocycles. The molecule has 0 saturated heterocycles. The summed E-state index contributed by atoms with van der Waals surface area (Å²) in [6, 6.07) is 20.5. The predicted octanol–water partition coefficient (Wildman–Crippen LogP) is 3.00. The smallest absolute Gasteiger partial charge is 0.316 e. The Labute approximate surface area is 198 Å². The highest BCUT2D eigenvalue weighted by Gasteiger charge is 2.21. The van der Waals surface area contributed by atoms with E-state index in [1.165, 1.54) is 4.90 Å². The average molecular weight is 456 g/mol. The van der Waals surface area contributed by atoms with Gasteiger partial charge in [0.05, 0.1) is 7.11 Å². The number of carbonyl (C=O) groups is 3. The Balaban J connectivity index is 1.74. The molecule has 0 radical (unpaired) electrons. The number of anilines is 1. The number of ketones is 1. The number of nitrogens with zero attached hydrogens (tertiary/aromatic N) is 1. The maximum Gasteiger partial charge on any atom is 0.316 e. The largest absolute Gasteiger partial charge is 0.497 e. The minimum Gasteiger partial charge on any atom is -0.497 e. The van der Waals surface area contributed by atoms with Crippen molar-refractivity contribution >= 4 is 23.3 Å². The van der Waals surface area contributed by atoms with Gasteiger partial charge in [-0.15, -0.1) is 6.42 Å². The molecular weight excluding hydrogens is 432 g/mol. The monoisotopic (exact) mass is 456 g/mol. The zero-order chi connectivity index (χ0) is 24.5. The first kappa shape index (κ1) is 24.1. The molecule has 0 spiro atoms. The molecule has 0 aliphatic heterocycles. The minimum absolute atomic E-state index is 0.147. The van der Waals surface area contributed by atoms with E-state index in [-0.39, 0.29) is 18.9 Å². The Hall–Kier alpha value is -4.57. The molecule has 7 heteroatoms. The molecule has 0 atom stereocenters. The topological polar surface area (TPSA) is 98.9 Å². The fraction of sp³-hybridized carbons (Fsp3) is 0.148. The van der Waals surface area contributed by atoms with E-state index in [2.05, 4.69) is 5.92 Å². The third-order valence-electron chi connectivity index (χ3n) is 5.12. The van der Waals surface area contributed by atoms with Gasteiger partial charge in [-0.2, -0.15) is 0 Å². The zero-order valence-electron chi connectivity index (χ0n) is 18.7. The van der Waals surface area contributed by atoms with E-state index >= 15 is 0 Å². The third kappa shape index (κ3) is 6.02. The number of amides is 2. The van der Waals surface area contributed by atoms with Crippen molar-refractivity contribution in [3.8, 4) is 23.8 Å². The number of primary amides is 1. The maximum atomic E-state index is 12.8. The van der Waals surface area contributed by atoms with Crippen LogP contribution in [0.5, 0.6) is 11.5 Å². The molecule has 0 bridgehead atoms. The summed E-state index contributed by atoms with van der Waals surface area (Å²) in [4.78, 5) is 38.2. The van der Waals surface area contributed by atoms with Crippen molar-refractivity contribution in [2.24, 2.45) is 5.73 Å². The van der Waals surface area contributed by atoms with Crippen LogP contribution in [-0.4, -0.2) is 37.9 Å². The van der Waals surface area contributed by atoms with Crippen LogP contribution in [-0.2, 0) is 16.0 Å². The van der Waals surface area contributed by atoms with Crippen LogP contribution in [0.25, 0.3) is 0 Å². The van der Waals surface area contributed by atoms with Crippen molar-refractivity contribution in [1.82, 2.24) is 0 Å². The molecule has 0 fully saturated rings. The van der Waals surface area contributed by atoms with Gasteiger partial charge in [-0.1, -0.05) is 18.1 Å². The fourth-order valence-electron chi connectivity index (χ4n) is 3.30. The van der Waals surface area contributed by atoms with E-state index in [1.54, 1.807) is 55.6 Å². The van der Waals surface area contributed by atoms with Crippen molar-refractivity contribution in [3.05, 3.63) is 89.5 Å². The van der Waals surface area contributed by atoms with Gasteiger partial charge in [0, 0.05) is 23.4 Å². The highest BCUT2D eigenvalue weighted by molar-refractivity contribution is 6.39. The van der Waals surface area contributed by atoms with Gasteiger partial charge in [-0.05, 0) is 72.6 Å². The number of rotatable bonds is 9. The highest BCUT2D eigenvalue weighted by Crippen LogP contribution is 2.20. The van der Waals surface area contributed by atoms with Crippen LogP contribution >= 0.6 is 0 Å². The van der Waals surface area contributed by atoms with E-state index in [1.807, 2.05) is 24.3 Å². The van der Waals surface area contributed by atoms with Gasteiger partial charge < -0.3 is 20.1 Å². The molecule has 0 aliphatic carbocycles. The summed E-state index contributed by atoms with van der Waals surface area (Å²) in [5, 5.41) is 0. The van der Waals surface area contributed by atoms with Crippen molar-refractivity contribution < 1.29 is 23.9 Å². The standard InChI is InChI=1S/C27H24N2O5/c1-3-18-34-24-14-8-21(9-15-24)25(30)20-6-10-22(11-7-20)29(27(32)26(28)31)17-16-19-4-12-23(33-2)13-5-19/h1,4-15H,16-18H2,2H3,(H2,28,31).